The number of furan rings is 1. The van der Waals surface area contributed by atoms with Gasteiger partial charge in [0, 0.05) is 21.7 Å². The second-order valence-corrected chi connectivity index (χ2v) is 13.5. The van der Waals surface area contributed by atoms with Gasteiger partial charge in [0.15, 0.2) is 0 Å². The van der Waals surface area contributed by atoms with Gasteiger partial charge in [-0.2, -0.15) is 0 Å². The molecular formula is C50H30O. The molecule has 0 aliphatic rings. The molecule has 51 heavy (non-hydrogen) atoms. The molecule has 0 N–H and O–H groups in total. The summed E-state index contributed by atoms with van der Waals surface area (Å²) in [6, 6.07) is 66.2. The smallest absolute Gasteiger partial charge is 0.143 e. The van der Waals surface area contributed by atoms with Crippen molar-refractivity contribution >= 4 is 75.8 Å². The predicted molar refractivity (Wildman–Crippen MR) is 218 cm³/mol. The van der Waals surface area contributed by atoms with Crippen molar-refractivity contribution in [3.8, 4) is 33.4 Å². The Balaban J connectivity index is 1.29. The fourth-order valence-corrected chi connectivity index (χ4v) is 8.63. The first-order chi connectivity index (χ1) is 25.3. The first-order valence-electron chi connectivity index (χ1n) is 17.6. The molecule has 0 atom stereocenters. The molecule has 236 valence electrons. The third-order valence-electron chi connectivity index (χ3n) is 10.9. The highest BCUT2D eigenvalue weighted by Gasteiger charge is 2.23. The molecule has 0 saturated carbocycles. The average molecular weight is 647 g/mol. The Labute approximate surface area is 294 Å². The van der Waals surface area contributed by atoms with Crippen LogP contribution in [0.3, 0.4) is 0 Å². The Bertz CT molecular complexity index is 3130. The summed E-state index contributed by atoms with van der Waals surface area (Å²) in [7, 11) is 0. The number of hydrogen-bond acceptors (Lipinski definition) is 1. The average Bonchev–Trinajstić information content (AvgIpc) is 3.60. The van der Waals surface area contributed by atoms with Gasteiger partial charge < -0.3 is 4.42 Å². The molecule has 0 radical (unpaired) electrons. The molecule has 0 saturated heterocycles. The zero-order chi connectivity index (χ0) is 33.5. The van der Waals surface area contributed by atoms with Crippen molar-refractivity contribution < 1.29 is 4.42 Å². The van der Waals surface area contributed by atoms with Crippen LogP contribution >= 0.6 is 0 Å². The predicted octanol–water partition coefficient (Wildman–Crippen LogP) is 14.4. The maximum absolute atomic E-state index is 7.01. The lowest BCUT2D eigenvalue weighted by Gasteiger charge is -2.20. The third-order valence-corrected chi connectivity index (χ3v) is 10.9. The van der Waals surface area contributed by atoms with E-state index in [1.54, 1.807) is 0 Å². The molecule has 0 unspecified atom stereocenters. The first-order valence-corrected chi connectivity index (χ1v) is 17.6. The van der Waals surface area contributed by atoms with Gasteiger partial charge in [-0.15, -0.1) is 0 Å². The Morgan fingerprint density at radius 1 is 0.255 bits per heavy atom. The van der Waals surface area contributed by atoms with E-state index in [9.17, 15) is 0 Å². The SMILES string of the molecule is c1ccc(-c2ccc(-c3c4ccccc4c(-c4cccc5c4ccc4ccccc45)c4ccccc34)c3c2oc2c4ccccc4ccc23)cc1. The molecule has 0 aliphatic carbocycles. The summed E-state index contributed by atoms with van der Waals surface area (Å²) in [5.74, 6) is 0. The van der Waals surface area contributed by atoms with E-state index in [2.05, 4.69) is 182 Å². The summed E-state index contributed by atoms with van der Waals surface area (Å²) in [6.45, 7) is 0. The van der Waals surface area contributed by atoms with E-state index in [-0.39, 0.29) is 0 Å². The van der Waals surface area contributed by atoms with Crippen LogP contribution < -0.4 is 0 Å². The van der Waals surface area contributed by atoms with Crippen LogP contribution in [0, 0.1) is 0 Å². The fourth-order valence-electron chi connectivity index (χ4n) is 8.63. The van der Waals surface area contributed by atoms with Crippen LogP contribution in [0.2, 0.25) is 0 Å². The summed E-state index contributed by atoms with van der Waals surface area (Å²) >= 11 is 0. The van der Waals surface area contributed by atoms with E-state index in [1.165, 1.54) is 70.7 Å². The molecule has 1 nitrogen and oxygen atoms in total. The van der Waals surface area contributed by atoms with E-state index in [1.807, 2.05) is 0 Å². The fraction of sp³-hybridized carbons (Fsp3) is 0. The van der Waals surface area contributed by atoms with E-state index < -0.39 is 0 Å². The number of rotatable bonds is 3. The van der Waals surface area contributed by atoms with Gasteiger partial charge in [-0.1, -0.05) is 170 Å². The van der Waals surface area contributed by atoms with Crippen LogP contribution in [0.25, 0.3) is 109 Å². The van der Waals surface area contributed by atoms with Crippen molar-refractivity contribution in [1.29, 1.82) is 0 Å². The minimum absolute atomic E-state index is 0.920. The molecule has 0 aliphatic heterocycles. The van der Waals surface area contributed by atoms with E-state index >= 15 is 0 Å². The molecule has 10 aromatic carbocycles. The summed E-state index contributed by atoms with van der Waals surface area (Å²) in [5.41, 5.74) is 9.03. The van der Waals surface area contributed by atoms with E-state index in [4.69, 9.17) is 4.42 Å². The van der Waals surface area contributed by atoms with E-state index in [0.29, 0.717) is 0 Å². The summed E-state index contributed by atoms with van der Waals surface area (Å²) in [4.78, 5) is 0. The molecule has 0 amide bonds. The first kappa shape index (κ1) is 28.2. The number of hydrogen-bond donors (Lipinski definition) is 0. The van der Waals surface area contributed by atoms with Gasteiger partial charge in [-0.3, -0.25) is 0 Å². The Kier molecular flexibility index (Phi) is 6.02. The highest BCUT2D eigenvalue weighted by molar-refractivity contribution is 6.29. The molecule has 11 rings (SSSR count). The highest BCUT2D eigenvalue weighted by atomic mass is 16.3. The minimum Gasteiger partial charge on any atom is -0.455 e. The van der Waals surface area contributed by atoms with Crippen LogP contribution in [0.15, 0.2) is 186 Å². The van der Waals surface area contributed by atoms with Gasteiger partial charge in [0.25, 0.3) is 0 Å². The molecule has 1 heteroatoms. The lowest BCUT2D eigenvalue weighted by molar-refractivity contribution is 0.674. The summed E-state index contributed by atoms with van der Waals surface area (Å²) < 4.78 is 7.01. The van der Waals surface area contributed by atoms with Crippen molar-refractivity contribution in [2.45, 2.75) is 0 Å². The molecule has 1 heterocycles. The van der Waals surface area contributed by atoms with Crippen molar-refractivity contribution in [1.82, 2.24) is 0 Å². The normalized spacial score (nSPS) is 11.9. The Hall–Kier alpha value is -6.70. The van der Waals surface area contributed by atoms with Crippen LogP contribution in [0.4, 0.5) is 0 Å². The maximum Gasteiger partial charge on any atom is 0.143 e. The molecule has 1 aromatic heterocycles. The van der Waals surface area contributed by atoms with Crippen LogP contribution in [-0.4, -0.2) is 0 Å². The molecule has 0 spiro atoms. The summed E-state index contributed by atoms with van der Waals surface area (Å²) in [5, 5.41) is 14.6. The Morgan fingerprint density at radius 3 is 1.45 bits per heavy atom. The number of fused-ring (bicyclic) bond motifs is 10. The Morgan fingerprint density at radius 2 is 0.765 bits per heavy atom. The second-order valence-electron chi connectivity index (χ2n) is 13.5. The van der Waals surface area contributed by atoms with E-state index in [0.717, 1.165) is 38.5 Å². The van der Waals surface area contributed by atoms with Crippen molar-refractivity contribution in [2.24, 2.45) is 0 Å². The minimum atomic E-state index is 0.920. The zero-order valence-corrected chi connectivity index (χ0v) is 27.7. The lowest BCUT2D eigenvalue weighted by atomic mass is 9.83. The van der Waals surface area contributed by atoms with Crippen molar-refractivity contribution in [3.63, 3.8) is 0 Å². The topological polar surface area (TPSA) is 13.1 Å². The molecule has 0 bridgehead atoms. The quantitative estimate of drug-likeness (QED) is 0.138. The van der Waals surface area contributed by atoms with Gasteiger partial charge in [0.1, 0.15) is 11.2 Å². The monoisotopic (exact) mass is 646 g/mol. The van der Waals surface area contributed by atoms with Crippen molar-refractivity contribution in [3.05, 3.63) is 182 Å². The second kappa shape index (κ2) is 10.9. The lowest BCUT2D eigenvalue weighted by Crippen LogP contribution is -1.92. The van der Waals surface area contributed by atoms with Crippen LogP contribution in [0.1, 0.15) is 0 Å². The van der Waals surface area contributed by atoms with Crippen LogP contribution in [0.5, 0.6) is 0 Å². The highest BCUT2D eigenvalue weighted by Crippen LogP contribution is 2.50. The third kappa shape index (κ3) is 4.09. The molecular weight excluding hydrogens is 617 g/mol. The maximum atomic E-state index is 7.01. The molecule has 11 aromatic rings. The van der Waals surface area contributed by atoms with Crippen LogP contribution in [-0.2, 0) is 0 Å². The van der Waals surface area contributed by atoms with Gasteiger partial charge in [-0.25, -0.2) is 0 Å². The van der Waals surface area contributed by atoms with Crippen molar-refractivity contribution in [2.75, 3.05) is 0 Å². The zero-order valence-electron chi connectivity index (χ0n) is 27.7. The van der Waals surface area contributed by atoms with Gasteiger partial charge >= 0.3 is 0 Å². The van der Waals surface area contributed by atoms with Gasteiger partial charge in [0.2, 0.25) is 0 Å². The summed E-state index contributed by atoms with van der Waals surface area (Å²) in [6.07, 6.45) is 0. The standard InChI is InChI=1S/C50H30O/c1-2-13-31(14-3-1)36-29-30-44(48-45-28-26-33-16-5-7-18-35(33)49(45)51-50(36)48)47-42-21-10-8-19-40(42)46(41-20-9-11-22-43(41)47)39-24-12-23-37-34-17-6-4-15-32(34)25-27-38(37)39/h1-30H. The molecule has 0 fully saturated rings. The van der Waals surface area contributed by atoms with Gasteiger partial charge in [-0.05, 0) is 88.4 Å². The van der Waals surface area contributed by atoms with Gasteiger partial charge in [0.05, 0.1) is 0 Å². The largest absolute Gasteiger partial charge is 0.455 e. The number of benzene rings is 10.